The van der Waals surface area contributed by atoms with Gasteiger partial charge >= 0.3 is 0 Å². The molecule has 39 heavy (non-hydrogen) atoms. The molecule has 0 amide bonds. The lowest BCUT2D eigenvalue weighted by atomic mass is 10.1. The molecule has 2 fully saturated rings. The molecule has 6 rings (SSSR count). The molecule has 2 aromatic heterocycles. The molecule has 0 spiro atoms. The molecule has 2 aliphatic rings. The average Bonchev–Trinajstić information content (AvgIpc) is 3.72. The van der Waals surface area contributed by atoms with E-state index in [9.17, 15) is 4.39 Å². The van der Waals surface area contributed by atoms with Crippen molar-refractivity contribution in [3.8, 4) is 21.8 Å². The molecular weight excluding hydrogens is 509 g/mol. The van der Waals surface area contributed by atoms with Crippen molar-refractivity contribution in [2.24, 2.45) is 0 Å². The Labute approximate surface area is 232 Å². The highest BCUT2D eigenvalue weighted by Crippen LogP contribution is 2.41. The molecule has 2 aliphatic heterocycles. The van der Waals surface area contributed by atoms with Crippen LogP contribution in [0.3, 0.4) is 0 Å². The van der Waals surface area contributed by atoms with Gasteiger partial charge < -0.3 is 20.9 Å². The molecular formula is C30H34FN7S. The Hall–Kier alpha value is -3.56. The standard InChI is InChI=1S/C30H34FN7S/c31-25-20-24(11-10-21(25)8-6-16-37-14-1-2-15-37)34-29-33-13-12-26(35-29)28-27(22-7-5-9-23(32)19-22)36-30(39-28)38-17-3-4-18-38/h5,7,9-13,19-20H,1-4,6,8,14-18,32H2,(H,33,34,35). The highest BCUT2D eigenvalue weighted by atomic mass is 32.1. The van der Waals surface area contributed by atoms with Crippen LogP contribution in [-0.4, -0.2) is 52.6 Å². The van der Waals surface area contributed by atoms with Crippen LogP contribution in [0.15, 0.2) is 54.7 Å². The predicted molar refractivity (Wildman–Crippen MR) is 158 cm³/mol. The van der Waals surface area contributed by atoms with Crippen molar-refractivity contribution in [2.45, 2.75) is 38.5 Å². The third kappa shape index (κ3) is 6.04. The summed E-state index contributed by atoms with van der Waals surface area (Å²) in [6.07, 6.45) is 8.36. The Kier molecular flexibility index (Phi) is 7.69. The van der Waals surface area contributed by atoms with Gasteiger partial charge in [0.1, 0.15) is 5.82 Å². The summed E-state index contributed by atoms with van der Waals surface area (Å²) in [4.78, 5) is 20.0. The number of halogens is 1. The van der Waals surface area contributed by atoms with E-state index in [2.05, 4.69) is 20.1 Å². The third-order valence-electron chi connectivity index (χ3n) is 7.47. The maximum absolute atomic E-state index is 14.9. The molecule has 0 bridgehead atoms. The van der Waals surface area contributed by atoms with Crippen LogP contribution in [0.25, 0.3) is 21.8 Å². The lowest BCUT2D eigenvalue weighted by Gasteiger charge is -2.14. The highest BCUT2D eigenvalue weighted by Gasteiger charge is 2.22. The molecule has 0 unspecified atom stereocenters. The van der Waals surface area contributed by atoms with Crippen molar-refractivity contribution < 1.29 is 4.39 Å². The lowest BCUT2D eigenvalue weighted by Crippen LogP contribution is -2.20. The summed E-state index contributed by atoms with van der Waals surface area (Å²) in [5.74, 6) is 0.225. The quantitative estimate of drug-likeness (QED) is 0.238. The first-order valence-corrected chi connectivity index (χ1v) is 14.7. The van der Waals surface area contributed by atoms with Crippen LogP contribution in [0.5, 0.6) is 0 Å². The summed E-state index contributed by atoms with van der Waals surface area (Å²) in [6, 6.07) is 15.0. The van der Waals surface area contributed by atoms with E-state index in [-0.39, 0.29) is 5.82 Å². The molecule has 9 heteroatoms. The van der Waals surface area contributed by atoms with Crippen LogP contribution in [0.1, 0.15) is 37.7 Å². The molecule has 7 nitrogen and oxygen atoms in total. The second-order valence-corrected chi connectivity index (χ2v) is 11.3. The minimum absolute atomic E-state index is 0.195. The Morgan fingerprint density at radius 3 is 2.56 bits per heavy atom. The summed E-state index contributed by atoms with van der Waals surface area (Å²) < 4.78 is 14.9. The number of nitrogens with zero attached hydrogens (tertiary/aromatic N) is 5. The van der Waals surface area contributed by atoms with Crippen molar-refractivity contribution >= 4 is 33.8 Å². The van der Waals surface area contributed by atoms with Crippen LogP contribution >= 0.6 is 11.3 Å². The molecule has 4 heterocycles. The summed E-state index contributed by atoms with van der Waals surface area (Å²) in [5, 5.41) is 4.19. The van der Waals surface area contributed by atoms with Crippen molar-refractivity contribution in [3.63, 3.8) is 0 Å². The van der Waals surface area contributed by atoms with E-state index in [1.807, 2.05) is 42.5 Å². The SMILES string of the molecule is Nc1cccc(-c2nc(N3CCCC3)sc2-c2ccnc(Nc3ccc(CCCN4CCCC4)c(F)c3)n2)c1. The molecule has 0 radical (unpaired) electrons. The maximum atomic E-state index is 14.9. The average molecular weight is 544 g/mol. The number of likely N-dealkylation sites (tertiary alicyclic amines) is 1. The van der Waals surface area contributed by atoms with Gasteiger partial charge in [0, 0.05) is 36.2 Å². The smallest absolute Gasteiger partial charge is 0.227 e. The summed E-state index contributed by atoms with van der Waals surface area (Å²) >= 11 is 1.64. The first-order valence-electron chi connectivity index (χ1n) is 13.9. The number of nitrogens with two attached hydrogens (primary N) is 1. The Bertz CT molecular complexity index is 1430. The van der Waals surface area contributed by atoms with Crippen LogP contribution in [0.4, 0.5) is 26.8 Å². The van der Waals surface area contributed by atoms with Crippen molar-refractivity contribution in [1.29, 1.82) is 0 Å². The number of nitrogen functional groups attached to an aromatic ring is 1. The Morgan fingerprint density at radius 1 is 0.949 bits per heavy atom. The van der Waals surface area contributed by atoms with Gasteiger partial charge in [-0.2, -0.15) is 0 Å². The predicted octanol–water partition coefficient (Wildman–Crippen LogP) is 6.36. The molecule has 4 aromatic rings. The molecule has 3 N–H and O–H groups in total. The zero-order valence-electron chi connectivity index (χ0n) is 22.1. The van der Waals surface area contributed by atoms with Gasteiger partial charge in [0.15, 0.2) is 5.13 Å². The lowest BCUT2D eigenvalue weighted by molar-refractivity contribution is 0.333. The Morgan fingerprint density at radius 2 is 1.77 bits per heavy atom. The van der Waals surface area contributed by atoms with Gasteiger partial charge in [0.25, 0.3) is 0 Å². The van der Waals surface area contributed by atoms with E-state index in [1.54, 1.807) is 17.5 Å². The van der Waals surface area contributed by atoms with Crippen molar-refractivity contribution in [1.82, 2.24) is 19.9 Å². The normalized spacial score (nSPS) is 15.8. The fourth-order valence-electron chi connectivity index (χ4n) is 5.41. The molecule has 202 valence electrons. The van der Waals surface area contributed by atoms with Crippen molar-refractivity contribution in [2.75, 3.05) is 48.7 Å². The summed E-state index contributed by atoms with van der Waals surface area (Å²) in [5.41, 5.74) is 10.8. The van der Waals surface area contributed by atoms with Crippen LogP contribution in [0.2, 0.25) is 0 Å². The van der Waals surface area contributed by atoms with Gasteiger partial charge in [-0.1, -0.05) is 29.5 Å². The van der Waals surface area contributed by atoms with Gasteiger partial charge in [-0.25, -0.2) is 19.3 Å². The largest absolute Gasteiger partial charge is 0.399 e. The first kappa shape index (κ1) is 25.7. The number of benzene rings is 2. The number of nitrogens with one attached hydrogen (secondary N) is 1. The number of anilines is 4. The van der Waals surface area contributed by atoms with Gasteiger partial charge in [-0.3, -0.25) is 0 Å². The van der Waals surface area contributed by atoms with Crippen LogP contribution in [-0.2, 0) is 6.42 Å². The molecule has 0 atom stereocenters. The monoisotopic (exact) mass is 543 g/mol. The van der Waals surface area contributed by atoms with E-state index in [4.69, 9.17) is 15.7 Å². The summed E-state index contributed by atoms with van der Waals surface area (Å²) in [6.45, 7) is 5.41. The first-order chi connectivity index (χ1) is 19.1. The molecule has 0 saturated carbocycles. The maximum Gasteiger partial charge on any atom is 0.227 e. The summed E-state index contributed by atoms with van der Waals surface area (Å²) in [7, 11) is 0. The zero-order chi connectivity index (χ0) is 26.6. The van der Waals surface area contributed by atoms with Crippen molar-refractivity contribution in [3.05, 3.63) is 66.1 Å². The van der Waals surface area contributed by atoms with E-state index >= 15 is 0 Å². The van der Waals surface area contributed by atoms with E-state index in [1.165, 1.54) is 44.8 Å². The van der Waals surface area contributed by atoms with E-state index in [0.29, 0.717) is 17.3 Å². The topological polar surface area (TPSA) is 83.2 Å². The van der Waals surface area contributed by atoms with Gasteiger partial charge in [-0.15, -0.1) is 0 Å². The Balaban J connectivity index is 1.21. The van der Waals surface area contributed by atoms with Crippen LogP contribution in [0, 0.1) is 5.82 Å². The molecule has 2 saturated heterocycles. The number of hydrogen-bond donors (Lipinski definition) is 2. The minimum atomic E-state index is -0.195. The van der Waals surface area contributed by atoms with E-state index in [0.717, 1.165) is 65.0 Å². The second-order valence-electron chi connectivity index (χ2n) is 10.3. The fourth-order valence-corrected chi connectivity index (χ4v) is 6.52. The number of aryl methyl sites for hydroxylation is 1. The molecule has 2 aromatic carbocycles. The third-order valence-corrected chi connectivity index (χ3v) is 8.61. The number of aromatic nitrogens is 3. The fraction of sp³-hybridized carbons (Fsp3) is 0.367. The van der Waals surface area contributed by atoms with Gasteiger partial charge in [0.2, 0.25) is 5.95 Å². The van der Waals surface area contributed by atoms with Crippen LogP contribution < -0.4 is 16.0 Å². The number of thiazole rings is 1. The molecule has 0 aliphatic carbocycles. The van der Waals surface area contributed by atoms with Gasteiger partial charge in [-0.05, 0) is 94.1 Å². The van der Waals surface area contributed by atoms with Gasteiger partial charge in [0.05, 0.1) is 16.3 Å². The number of hydrogen-bond acceptors (Lipinski definition) is 8. The number of rotatable bonds is 9. The van der Waals surface area contributed by atoms with E-state index < -0.39 is 0 Å². The minimum Gasteiger partial charge on any atom is -0.399 e. The zero-order valence-corrected chi connectivity index (χ0v) is 22.9. The highest BCUT2D eigenvalue weighted by molar-refractivity contribution is 7.19. The second kappa shape index (κ2) is 11.7.